The molecule has 0 spiro atoms. The van der Waals surface area contributed by atoms with Crippen molar-refractivity contribution in [2.75, 3.05) is 5.32 Å². The van der Waals surface area contributed by atoms with Crippen LogP contribution in [0.3, 0.4) is 0 Å². The Kier molecular flexibility index (Phi) is 4.49. The van der Waals surface area contributed by atoms with E-state index in [0.29, 0.717) is 11.5 Å². The van der Waals surface area contributed by atoms with Crippen molar-refractivity contribution in [1.29, 1.82) is 0 Å². The number of anilines is 1. The van der Waals surface area contributed by atoms with Gasteiger partial charge in [-0.25, -0.2) is 0 Å². The Morgan fingerprint density at radius 2 is 1.95 bits per heavy atom. The third kappa shape index (κ3) is 3.66. The summed E-state index contributed by atoms with van der Waals surface area (Å²) in [5, 5.41) is 14.6. The second-order valence-electron chi connectivity index (χ2n) is 4.14. The fourth-order valence-electron chi connectivity index (χ4n) is 1.66. The van der Waals surface area contributed by atoms with Gasteiger partial charge >= 0.3 is 0 Å². The molecule has 104 valence electrons. The zero-order valence-corrected chi connectivity index (χ0v) is 11.7. The summed E-state index contributed by atoms with van der Waals surface area (Å²) >= 11 is 4.97. The van der Waals surface area contributed by atoms with Crippen molar-refractivity contribution in [3.63, 3.8) is 0 Å². The number of aliphatic hydroxyl groups is 1. The van der Waals surface area contributed by atoms with Gasteiger partial charge in [0.25, 0.3) is 0 Å². The highest BCUT2D eigenvalue weighted by atomic mass is 32.1. The molecule has 0 radical (unpaired) electrons. The standard InChI is InChI=1S/C14H14N2O3S/c1-9(18)15-14(20)16-11-4-2-10(3-5-11)13-7-6-12(8-17)19-13/h2-7,17H,8H2,1H3,(H2,15,16,18,20). The lowest BCUT2D eigenvalue weighted by atomic mass is 10.1. The molecule has 0 aliphatic rings. The van der Waals surface area contributed by atoms with Crippen LogP contribution in [0.15, 0.2) is 40.8 Å². The van der Waals surface area contributed by atoms with Crippen molar-refractivity contribution in [3.8, 4) is 11.3 Å². The molecule has 1 amide bonds. The van der Waals surface area contributed by atoms with Crippen LogP contribution < -0.4 is 10.6 Å². The van der Waals surface area contributed by atoms with E-state index in [4.69, 9.17) is 21.7 Å². The van der Waals surface area contributed by atoms with Crippen LogP contribution in [0, 0.1) is 0 Å². The van der Waals surface area contributed by atoms with E-state index in [1.807, 2.05) is 24.3 Å². The maximum atomic E-state index is 10.8. The molecule has 0 aliphatic carbocycles. The van der Waals surface area contributed by atoms with Crippen LogP contribution in [0.25, 0.3) is 11.3 Å². The summed E-state index contributed by atoms with van der Waals surface area (Å²) in [6.07, 6.45) is 0. The first-order chi connectivity index (χ1) is 9.58. The zero-order chi connectivity index (χ0) is 14.5. The molecule has 0 bridgehead atoms. The highest BCUT2D eigenvalue weighted by molar-refractivity contribution is 7.80. The normalized spacial score (nSPS) is 10.1. The quantitative estimate of drug-likeness (QED) is 0.756. The number of furan rings is 1. The minimum Gasteiger partial charge on any atom is -0.459 e. The highest BCUT2D eigenvalue weighted by Crippen LogP contribution is 2.23. The third-order valence-electron chi connectivity index (χ3n) is 2.53. The van der Waals surface area contributed by atoms with Crippen molar-refractivity contribution in [1.82, 2.24) is 5.32 Å². The average molecular weight is 290 g/mol. The number of aliphatic hydroxyl groups excluding tert-OH is 1. The molecule has 1 aromatic heterocycles. The number of carbonyl (C=O) groups is 1. The summed E-state index contributed by atoms with van der Waals surface area (Å²) in [5.74, 6) is 0.991. The van der Waals surface area contributed by atoms with Crippen molar-refractivity contribution in [3.05, 3.63) is 42.2 Å². The van der Waals surface area contributed by atoms with Crippen molar-refractivity contribution in [2.45, 2.75) is 13.5 Å². The molecule has 0 fully saturated rings. The molecule has 2 rings (SSSR count). The lowest BCUT2D eigenvalue weighted by molar-refractivity contribution is -0.117. The maximum Gasteiger partial charge on any atom is 0.222 e. The highest BCUT2D eigenvalue weighted by Gasteiger charge is 2.05. The van der Waals surface area contributed by atoms with Gasteiger partial charge < -0.3 is 20.2 Å². The van der Waals surface area contributed by atoms with Gasteiger partial charge in [-0.2, -0.15) is 0 Å². The van der Waals surface area contributed by atoms with Gasteiger partial charge in [-0.1, -0.05) is 0 Å². The van der Waals surface area contributed by atoms with E-state index in [1.54, 1.807) is 12.1 Å². The minimum atomic E-state index is -0.216. The van der Waals surface area contributed by atoms with Crippen LogP contribution in [0.2, 0.25) is 0 Å². The van der Waals surface area contributed by atoms with Gasteiger partial charge in [-0.15, -0.1) is 0 Å². The number of hydrogen-bond acceptors (Lipinski definition) is 4. The van der Waals surface area contributed by atoms with Crippen LogP contribution in [0.1, 0.15) is 12.7 Å². The van der Waals surface area contributed by atoms with E-state index >= 15 is 0 Å². The number of rotatable bonds is 3. The smallest absolute Gasteiger partial charge is 0.222 e. The summed E-state index contributed by atoms with van der Waals surface area (Å²) in [7, 11) is 0. The fraction of sp³-hybridized carbons (Fsp3) is 0.143. The molecular formula is C14H14N2O3S. The molecule has 3 N–H and O–H groups in total. The predicted octanol–water partition coefficient (Wildman–Crippen LogP) is 2.27. The molecule has 0 saturated carbocycles. The van der Waals surface area contributed by atoms with Crippen LogP contribution in [0.5, 0.6) is 0 Å². The van der Waals surface area contributed by atoms with Gasteiger partial charge in [0.15, 0.2) is 5.11 Å². The van der Waals surface area contributed by atoms with Crippen LogP contribution >= 0.6 is 12.2 Å². The molecule has 0 aliphatic heterocycles. The van der Waals surface area contributed by atoms with Gasteiger partial charge in [-0.3, -0.25) is 4.79 Å². The van der Waals surface area contributed by atoms with Crippen LogP contribution in [-0.2, 0) is 11.4 Å². The molecule has 0 unspecified atom stereocenters. The fourth-order valence-corrected chi connectivity index (χ4v) is 1.92. The van der Waals surface area contributed by atoms with Crippen molar-refractivity contribution >= 4 is 28.9 Å². The van der Waals surface area contributed by atoms with Gasteiger partial charge in [-0.05, 0) is 48.6 Å². The topological polar surface area (TPSA) is 74.5 Å². The lowest BCUT2D eigenvalue weighted by Gasteiger charge is -2.08. The zero-order valence-electron chi connectivity index (χ0n) is 10.8. The SMILES string of the molecule is CC(=O)NC(=S)Nc1ccc(-c2ccc(CO)o2)cc1. The first kappa shape index (κ1) is 14.2. The monoisotopic (exact) mass is 290 g/mol. The number of amides is 1. The third-order valence-corrected chi connectivity index (χ3v) is 2.74. The Balaban J connectivity index is 2.06. The van der Waals surface area contributed by atoms with Crippen molar-refractivity contribution < 1.29 is 14.3 Å². The van der Waals surface area contributed by atoms with E-state index in [-0.39, 0.29) is 17.6 Å². The first-order valence-electron chi connectivity index (χ1n) is 5.97. The lowest BCUT2D eigenvalue weighted by Crippen LogP contribution is -2.32. The predicted molar refractivity (Wildman–Crippen MR) is 80.1 cm³/mol. The molecule has 6 heteroatoms. The molecule has 0 atom stereocenters. The van der Waals surface area contributed by atoms with E-state index in [0.717, 1.165) is 11.3 Å². The second-order valence-corrected chi connectivity index (χ2v) is 4.54. The van der Waals surface area contributed by atoms with E-state index in [9.17, 15) is 4.79 Å². The Morgan fingerprint density at radius 1 is 1.25 bits per heavy atom. The Morgan fingerprint density at radius 3 is 2.50 bits per heavy atom. The van der Waals surface area contributed by atoms with E-state index < -0.39 is 0 Å². The molecule has 2 aromatic rings. The Labute approximate surface area is 121 Å². The number of nitrogens with one attached hydrogen (secondary N) is 2. The molecule has 5 nitrogen and oxygen atoms in total. The number of thiocarbonyl (C=S) groups is 1. The molecular weight excluding hydrogens is 276 g/mol. The van der Waals surface area contributed by atoms with Gasteiger partial charge in [0.1, 0.15) is 18.1 Å². The van der Waals surface area contributed by atoms with E-state index in [2.05, 4.69) is 10.6 Å². The number of benzene rings is 1. The summed E-state index contributed by atoms with van der Waals surface area (Å²) in [4.78, 5) is 10.8. The molecule has 0 saturated heterocycles. The minimum absolute atomic E-state index is 0.120. The van der Waals surface area contributed by atoms with Gasteiger partial charge in [0.2, 0.25) is 5.91 Å². The average Bonchev–Trinajstić information content (AvgIpc) is 2.87. The van der Waals surface area contributed by atoms with E-state index in [1.165, 1.54) is 6.92 Å². The second kappa shape index (κ2) is 6.31. The summed E-state index contributed by atoms with van der Waals surface area (Å²) in [5.41, 5.74) is 1.65. The summed E-state index contributed by atoms with van der Waals surface area (Å²) in [6, 6.07) is 10.9. The summed E-state index contributed by atoms with van der Waals surface area (Å²) in [6.45, 7) is 1.28. The van der Waals surface area contributed by atoms with Crippen molar-refractivity contribution in [2.24, 2.45) is 0 Å². The van der Waals surface area contributed by atoms with Gasteiger partial charge in [0.05, 0.1) is 0 Å². The Bertz CT molecular complexity index is 620. The number of hydrogen-bond donors (Lipinski definition) is 3. The maximum absolute atomic E-state index is 10.8. The van der Waals surface area contributed by atoms with Crippen LogP contribution in [0.4, 0.5) is 5.69 Å². The largest absolute Gasteiger partial charge is 0.459 e. The first-order valence-corrected chi connectivity index (χ1v) is 6.38. The summed E-state index contributed by atoms with van der Waals surface area (Å²) < 4.78 is 5.44. The molecule has 1 aromatic carbocycles. The number of carbonyl (C=O) groups excluding carboxylic acids is 1. The Hall–Kier alpha value is -2.18. The molecule has 1 heterocycles. The van der Waals surface area contributed by atoms with Crippen LogP contribution in [-0.4, -0.2) is 16.1 Å². The molecule has 20 heavy (non-hydrogen) atoms. The van der Waals surface area contributed by atoms with Gasteiger partial charge in [0, 0.05) is 18.2 Å².